The van der Waals surface area contributed by atoms with E-state index in [-0.39, 0.29) is 12.1 Å². The number of anilines is 2. The molecule has 148 valence electrons. The van der Waals surface area contributed by atoms with Gasteiger partial charge in [0.1, 0.15) is 0 Å². The molecule has 0 saturated carbocycles. The Bertz CT molecular complexity index is 753. The smallest absolute Gasteiger partial charge is 0.321 e. The Balaban J connectivity index is 1.57. The van der Waals surface area contributed by atoms with Crippen LogP contribution in [0.4, 0.5) is 21.0 Å². The van der Waals surface area contributed by atoms with E-state index in [2.05, 4.69) is 0 Å². The molecule has 0 spiro atoms. The van der Waals surface area contributed by atoms with Crippen LogP contribution in [0.3, 0.4) is 0 Å². The lowest BCUT2D eigenvalue weighted by atomic mass is 10.2. The van der Waals surface area contributed by atoms with Crippen LogP contribution in [-0.4, -0.2) is 62.1 Å². The Morgan fingerprint density at radius 2 is 0.929 bits per heavy atom. The minimum Gasteiger partial charge on any atom is -0.321 e. The number of urea groups is 2. The average Bonchev–Trinajstić information content (AvgIpc) is 2.73. The molecule has 1 saturated heterocycles. The van der Waals surface area contributed by atoms with Crippen molar-refractivity contribution >= 4 is 23.4 Å². The SMILES string of the molecule is Cc1ccc(N(C)C(=O)N2CCN(C(=O)N(C)c3ccc(C)cc3)CC2)cc1. The molecular formula is C22H28N4O2. The minimum atomic E-state index is -0.0390. The van der Waals surface area contributed by atoms with Crippen LogP contribution in [0.1, 0.15) is 11.1 Å². The third-order valence-corrected chi connectivity index (χ3v) is 5.24. The summed E-state index contributed by atoms with van der Waals surface area (Å²) in [6.45, 7) is 6.17. The van der Waals surface area contributed by atoms with Crippen molar-refractivity contribution in [3.63, 3.8) is 0 Å². The van der Waals surface area contributed by atoms with E-state index in [0.29, 0.717) is 26.2 Å². The molecule has 3 rings (SSSR count). The molecule has 6 heteroatoms. The van der Waals surface area contributed by atoms with Crippen LogP contribution in [0.5, 0.6) is 0 Å². The molecule has 0 atom stereocenters. The number of carbonyl (C=O) groups is 2. The summed E-state index contributed by atoms with van der Waals surface area (Å²) >= 11 is 0. The number of piperazine rings is 1. The van der Waals surface area contributed by atoms with Crippen molar-refractivity contribution in [3.05, 3.63) is 59.7 Å². The summed E-state index contributed by atoms with van der Waals surface area (Å²) in [5.41, 5.74) is 4.06. The molecule has 0 N–H and O–H groups in total. The average molecular weight is 380 g/mol. The zero-order valence-corrected chi connectivity index (χ0v) is 17.1. The van der Waals surface area contributed by atoms with E-state index in [9.17, 15) is 9.59 Å². The zero-order valence-electron chi connectivity index (χ0n) is 17.1. The van der Waals surface area contributed by atoms with Gasteiger partial charge in [0.2, 0.25) is 0 Å². The first-order valence-electron chi connectivity index (χ1n) is 9.55. The second kappa shape index (κ2) is 8.33. The summed E-state index contributed by atoms with van der Waals surface area (Å²) in [7, 11) is 3.57. The van der Waals surface area contributed by atoms with Crippen molar-refractivity contribution in [1.29, 1.82) is 0 Å². The molecule has 0 aliphatic carbocycles. The van der Waals surface area contributed by atoms with Gasteiger partial charge < -0.3 is 9.80 Å². The molecule has 1 fully saturated rings. The normalized spacial score (nSPS) is 14.0. The fourth-order valence-corrected chi connectivity index (χ4v) is 3.27. The van der Waals surface area contributed by atoms with E-state index >= 15 is 0 Å². The predicted molar refractivity (Wildman–Crippen MR) is 113 cm³/mol. The van der Waals surface area contributed by atoms with Crippen LogP contribution in [0.2, 0.25) is 0 Å². The van der Waals surface area contributed by atoms with E-state index < -0.39 is 0 Å². The lowest BCUT2D eigenvalue weighted by Crippen LogP contribution is -2.55. The van der Waals surface area contributed by atoms with Crippen molar-refractivity contribution in [2.24, 2.45) is 0 Å². The molecule has 1 aliphatic rings. The van der Waals surface area contributed by atoms with Gasteiger partial charge in [-0.1, -0.05) is 35.4 Å². The maximum atomic E-state index is 12.8. The van der Waals surface area contributed by atoms with E-state index in [4.69, 9.17) is 0 Å². The van der Waals surface area contributed by atoms with Gasteiger partial charge in [-0.3, -0.25) is 9.80 Å². The maximum Gasteiger partial charge on any atom is 0.324 e. The lowest BCUT2D eigenvalue weighted by Gasteiger charge is -2.38. The summed E-state index contributed by atoms with van der Waals surface area (Å²) in [4.78, 5) is 32.5. The monoisotopic (exact) mass is 380 g/mol. The molecule has 0 aromatic heterocycles. The Morgan fingerprint density at radius 1 is 0.643 bits per heavy atom. The molecule has 1 heterocycles. The molecule has 2 aromatic rings. The first-order chi connectivity index (χ1) is 13.4. The standard InChI is InChI=1S/C22H28N4O2/c1-17-5-9-19(10-6-17)23(3)21(27)25-13-15-26(16-14-25)22(28)24(4)20-11-7-18(2)8-12-20/h5-12H,13-16H2,1-4H3. The summed E-state index contributed by atoms with van der Waals surface area (Å²) in [6.07, 6.45) is 0. The lowest BCUT2D eigenvalue weighted by molar-refractivity contribution is 0.150. The van der Waals surface area contributed by atoms with Crippen LogP contribution >= 0.6 is 0 Å². The highest BCUT2D eigenvalue weighted by molar-refractivity contribution is 5.93. The molecule has 0 bridgehead atoms. The van der Waals surface area contributed by atoms with Crippen molar-refractivity contribution in [3.8, 4) is 0 Å². The molecule has 6 nitrogen and oxygen atoms in total. The first kappa shape index (κ1) is 19.7. The Hall–Kier alpha value is -3.02. The highest BCUT2D eigenvalue weighted by atomic mass is 16.2. The number of nitrogens with zero attached hydrogens (tertiary/aromatic N) is 4. The number of amides is 4. The van der Waals surface area contributed by atoms with E-state index in [1.165, 1.54) is 0 Å². The van der Waals surface area contributed by atoms with Crippen molar-refractivity contribution in [2.75, 3.05) is 50.1 Å². The van der Waals surface area contributed by atoms with Crippen molar-refractivity contribution in [1.82, 2.24) is 9.80 Å². The minimum absolute atomic E-state index is 0.0390. The van der Waals surface area contributed by atoms with Gasteiger partial charge in [-0.15, -0.1) is 0 Å². The number of hydrogen-bond donors (Lipinski definition) is 0. The largest absolute Gasteiger partial charge is 0.324 e. The van der Waals surface area contributed by atoms with Crippen LogP contribution in [0, 0.1) is 13.8 Å². The van der Waals surface area contributed by atoms with Gasteiger partial charge in [0.25, 0.3) is 0 Å². The number of carbonyl (C=O) groups excluding carboxylic acids is 2. The molecule has 0 radical (unpaired) electrons. The second-order valence-corrected chi connectivity index (χ2v) is 7.33. The van der Waals surface area contributed by atoms with Crippen molar-refractivity contribution < 1.29 is 9.59 Å². The van der Waals surface area contributed by atoms with Crippen LogP contribution < -0.4 is 9.80 Å². The summed E-state index contributed by atoms with van der Waals surface area (Å²) in [6, 6.07) is 15.7. The van der Waals surface area contributed by atoms with E-state index in [1.54, 1.807) is 33.7 Å². The number of aryl methyl sites for hydroxylation is 2. The molecule has 0 unspecified atom stereocenters. The number of benzene rings is 2. The molecule has 28 heavy (non-hydrogen) atoms. The maximum absolute atomic E-state index is 12.8. The summed E-state index contributed by atoms with van der Waals surface area (Å²) < 4.78 is 0. The van der Waals surface area contributed by atoms with Gasteiger partial charge in [0, 0.05) is 51.6 Å². The highest BCUT2D eigenvalue weighted by Crippen LogP contribution is 2.18. The topological polar surface area (TPSA) is 47.1 Å². The van der Waals surface area contributed by atoms with Crippen molar-refractivity contribution in [2.45, 2.75) is 13.8 Å². The third-order valence-electron chi connectivity index (χ3n) is 5.24. The Kier molecular flexibility index (Phi) is 5.87. The van der Waals surface area contributed by atoms with Gasteiger partial charge in [-0.05, 0) is 38.1 Å². The molecule has 4 amide bonds. The van der Waals surface area contributed by atoms with E-state index in [0.717, 1.165) is 22.5 Å². The fourth-order valence-electron chi connectivity index (χ4n) is 3.27. The van der Waals surface area contributed by atoms with Crippen LogP contribution in [-0.2, 0) is 0 Å². The predicted octanol–water partition coefficient (Wildman–Crippen LogP) is 3.73. The van der Waals surface area contributed by atoms with Crippen LogP contribution in [0.25, 0.3) is 0 Å². The molecular weight excluding hydrogens is 352 g/mol. The first-order valence-corrected chi connectivity index (χ1v) is 9.55. The van der Waals surface area contributed by atoms with Crippen LogP contribution in [0.15, 0.2) is 48.5 Å². The zero-order chi connectivity index (χ0) is 20.3. The Labute approximate surface area is 166 Å². The van der Waals surface area contributed by atoms with Gasteiger partial charge in [0.05, 0.1) is 0 Å². The summed E-state index contributed by atoms with van der Waals surface area (Å²) in [5, 5.41) is 0. The van der Waals surface area contributed by atoms with Gasteiger partial charge >= 0.3 is 12.1 Å². The Morgan fingerprint density at radius 3 is 1.21 bits per heavy atom. The van der Waals surface area contributed by atoms with Gasteiger partial charge in [0.15, 0.2) is 0 Å². The molecule has 2 aromatic carbocycles. The van der Waals surface area contributed by atoms with Gasteiger partial charge in [-0.25, -0.2) is 9.59 Å². The number of hydrogen-bond acceptors (Lipinski definition) is 2. The highest BCUT2D eigenvalue weighted by Gasteiger charge is 2.28. The third kappa shape index (κ3) is 4.27. The summed E-state index contributed by atoms with van der Waals surface area (Å²) in [5.74, 6) is 0. The second-order valence-electron chi connectivity index (χ2n) is 7.33. The van der Waals surface area contributed by atoms with Gasteiger partial charge in [-0.2, -0.15) is 0 Å². The fraction of sp³-hybridized carbons (Fsp3) is 0.364. The quantitative estimate of drug-likeness (QED) is 0.797. The molecule has 1 aliphatic heterocycles. The van der Waals surface area contributed by atoms with E-state index in [1.807, 2.05) is 62.4 Å². The number of rotatable bonds is 2.